The molecule has 0 radical (unpaired) electrons. The lowest BCUT2D eigenvalue weighted by Gasteiger charge is -2.24. The van der Waals surface area contributed by atoms with Crippen molar-refractivity contribution in [2.75, 3.05) is 6.54 Å². The van der Waals surface area contributed by atoms with Crippen molar-refractivity contribution in [2.24, 2.45) is 11.1 Å². The first-order valence-electron chi connectivity index (χ1n) is 5.22. The topological polar surface area (TPSA) is 26.0 Å². The molecule has 0 spiro atoms. The largest absolute Gasteiger partial charge is 0.330 e. The first-order chi connectivity index (χ1) is 7.03. The molecule has 80 valence electrons. The second-order valence-electron chi connectivity index (χ2n) is 4.78. The lowest BCUT2D eigenvalue weighted by molar-refractivity contribution is 0.456. The number of fused-ring (bicyclic) bond motifs is 1. The van der Waals surface area contributed by atoms with Crippen LogP contribution in [0.4, 0.5) is 4.39 Å². The van der Waals surface area contributed by atoms with Crippen LogP contribution in [0.2, 0.25) is 0 Å². The molecule has 15 heavy (non-hydrogen) atoms. The van der Waals surface area contributed by atoms with Crippen LogP contribution in [0, 0.1) is 11.2 Å². The van der Waals surface area contributed by atoms with Crippen LogP contribution < -0.4 is 5.73 Å². The molecule has 2 N–H and O–H groups in total. The number of hydrogen-bond donors (Lipinski definition) is 1. The summed E-state index contributed by atoms with van der Waals surface area (Å²) in [5.74, 6) is -0.158. The molecule has 0 aromatic heterocycles. The van der Waals surface area contributed by atoms with E-state index in [0.717, 1.165) is 17.5 Å². The predicted molar refractivity (Wildman–Crippen MR) is 60.9 cm³/mol. The maximum absolute atomic E-state index is 13.0. The van der Waals surface area contributed by atoms with Gasteiger partial charge in [-0.2, -0.15) is 0 Å². The molecule has 0 amide bonds. The Hall–Kier alpha value is -1.15. The zero-order valence-corrected chi connectivity index (χ0v) is 9.18. The minimum absolute atomic E-state index is 0.00942. The van der Waals surface area contributed by atoms with Crippen LogP contribution in [0.25, 0.3) is 6.08 Å². The van der Waals surface area contributed by atoms with E-state index in [9.17, 15) is 4.39 Å². The van der Waals surface area contributed by atoms with Crippen LogP contribution >= 0.6 is 0 Å². The minimum Gasteiger partial charge on any atom is -0.330 e. The molecule has 2 rings (SSSR count). The summed E-state index contributed by atoms with van der Waals surface area (Å²) >= 11 is 0. The van der Waals surface area contributed by atoms with Crippen LogP contribution in [-0.4, -0.2) is 6.54 Å². The number of halogens is 1. The number of hydrogen-bond acceptors (Lipinski definition) is 1. The molecule has 0 heterocycles. The second-order valence-corrected chi connectivity index (χ2v) is 4.78. The van der Waals surface area contributed by atoms with E-state index in [1.807, 2.05) is 6.07 Å². The smallest absolute Gasteiger partial charge is 0.123 e. The fourth-order valence-corrected chi connectivity index (χ4v) is 1.88. The van der Waals surface area contributed by atoms with Gasteiger partial charge in [0.15, 0.2) is 0 Å². The van der Waals surface area contributed by atoms with Gasteiger partial charge in [0.25, 0.3) is 0 Å². The van der Waals surface area contributed by atoms with Crippen LogP contribution in [0.15, 0.2) is 23.8 Å². The highest BCUT2D eigenvalue weighted by Crippen LogP contribution is 2.36. The summed E-state index contributed by atoms with van der Waals surface area (Å²) in [7, 11) is 0. The fraction of sp³-hybridized carbons (Fsp3) is 0.385. The lowest BCUT2D eigenvalue weighted by atomic mass is 9.83. The first-order valence-corrected chi connectivity index (χ1v) is 5.22. The SMILES string of the molecule is CC(C)(CN)C1=Cc2ccc(F)cc2C1. The van der Waals surface area contributed by atoms with Gasteiger partial charge in [-0.25, -0.2) is 4.39 Å². The van der Waals surface area contributed by atoms with Gasteiger partial charge in [-0.1, -0.05) is 31.6 Å². The fourth-order valence-electron chi connectivity index (χ4n) is 1.88. The molecular formula is C13H16FN. The third-order valence-electron chi connectivity index (χ3n) is 3.20. The van der Waals surface area contributed by atoms with Gasteiger partial charge in [-0.15, -0.1) is 0 Å². The minimum atomic E-state index is -0.158. The van der Waals surface area contributed by atoms with Crippen molar-refractivity contribution in [3.8, 4) is 0 Å². The molecule has 1 aromatic rings. The Labute approximate surface area is 89.8 Å². The molecule has 0 saturated carbocycles. The highest BCUT2D eigenvalue weighted by molar-refractivity contribution is 5.64. The molecule has 0 saturated heterocycles. The Morgan fingerprint density at radius 3 is 2.80 bits per heavy atom. The standard InChI is InChI=1S/C13H16FN/c1-13(2,8-15)11-5-9-3-4-12(14)7-10(9)6-11/h3-5,7H,6,8,15H2,1-2H3. The Bertz CT molecular complexity index is 419. The van der Waals surface area contributed by atoms with E-state index in [1.54, 1.807) is 6.07 Å². The Morgan fingerprint density at radius 2 is 2.13 bits per heavy atom. The van der Waals surface area contributed by atoms with Gasteiger partial charge in [0.2, 0.25) is 0 Å². The van der Waals surface area contributed by atoms with Crippen LogP contribution in [0.3, 0.4) is 0 Å². The summed E-state index contributed by atoms with van der Waals surface area (Å²) < 4.78 is 13.0. The van der Waals surface area contributed by atoms with Crippen LogP contribution in [0.1, 0.15) is 25.0 Å². The van der Waals surface area contributed by atoms with Gasteiger partial charge >= 0.3 is 0 Å². The predicted octanol–water partition coefficient (Wildman–Crippen LogP) is 2.75. The van der Waals surface area contributed by atoms with E-state index in [4.69, 9.17) is 5.73 Å². The summed E-state index contributed by atoms with van der Waals surface area (Å²) in [5, 5.41) is 0. The summed E-state index contributed by atoms with van der Waals surface area (Å²) in [5.41, 5.74) is 9.25. The van der Waals surface area contributed by atoms with E-state index < -0.39 is 0 Å². The molecule has 1 aliphatic carbocycles. The average Bonchev–Trinajstić information content (AvgIpc) is 2.61. The summed E-state index contributed by atoms with van der Waals surface area (Å²) in [6.07, 6.45) is 2.97. The molecule has 2 heteroatoms. The van der Waals surface area contributed by atoms with Crippen molar-refractivity contribution >= 4 is 6.08 Å². The zero-order chi connectivity index (χ0) is 11.1. The van der Waals surface area contributed by atoms with E-state index in [-0.39, 0.29) is 11.2 Å². The lowest BCUT2D eigenvalue weighted by Crippen LogP contribution is -2.25. The molecule has 0 atom stereocenters. The zero-order valence-electron chi connectivity index (χ0n) is 9.18. The molecule has 0 unspecified atom stereocenters. The van der Waals surface area contributed by atoms with Crippen molar-refractivity contribution < 1.29 is 4.39 Å². The quantitative estimate of drug-likeness (QED) is 0.789. The molecule has 1 nitrogen and oxygen atoms in total. The monoisotopic (exact) mass is 205 g/mol. The van der Waals surface area contributed by atoms with Gasteiger partial charge < -0.3 is 5.73 Å². The molecule has 1 aromatic carbocycles. The van der Waals surface area contributed by atoms with Crippen molar-refractivity contribution in [2.45, 2.75) is 20.3 Å². The highest BCUT2D eigenvalue weighted by Gasteiger charge is 2.25. The first kappa shape index (κ1) is 10.4. The molecule has 0 aliphatic heterocycles. The summed E-state index contributed by atoms with van der Waals surface area (Å²) in [6, 6.07) is 4.96. The molecule has 0 fully saturated rings. The Morgan fingerprint density at radius 1 is 1.40 bits per heavy atom. The van der Waals surface area contributed by atoms with Gasteiger partial charge in [0, 0.05) is 6.54 Å². The van der Waals surface area contributed by atoms with Gasteiger partial charge in [0.05, 0.1) is 0 Å². The number of nitrogens with two attached hydrogens (primary N) is 1. The van der Waals surface area contributed by atoms with Crippen LogP contribution in [0.5, 0.6) is 0 Å². The molecule has 0 bridgehead atoms. The number of rotatable bonds is 2. The van der Waals surface area contributed by atoms with Crippen molar-refractivity contribution in [1.29, 1.82) is 0 Å². The maximum atomic E-state index is 13.0. The maximum Gasteiger partial charge on any atom is 0.123 e. The molecule has 1 aliphatic rings. The normalized spacial score (nSPS) is 15.1. The van der Waals surface area contributed by atoms with Crippen LogP contribution in [-0.2, 0) is 6.42 Å². The average molecular weight is 205 g/mol. The Balaban J connectivity index is 2.33. The van der Waals surface area contributed by atoms with Crippen molar-refractivity contribution in [3.05, 3.63) is 40.7 Å². The highest BCUT2D eigenvalue weighted by atomic mass is 19.1. The van der Waals surface area contributed by atoms with E-state index in [1.165, 1.54) is 11.6 Å². The number of benzene rings is 1. The summed E-state index contributed by atoms with van der Waals surface area (Å²) in [6.45, 7) is 4.87. The van der Waals surface area contributed by atoms with Gasteiger partial charge in [0.1, 0.15) is 5.82 Å². The van der Waals surface area contributed by atoms with Gasteiger partial charge in [-0.3, -0.25) is 0 Å². The van der Waals surface area contributed by atoms with Gasteiger partial charge in [-0.05, 0) is 35.1 Å². The second kappa shape index (κ2) is 3.46. The Kier molecular flexibility index (Phi) is 2.39. The van der Waals surface area contributed by atoms with E-state index in [0.29, 0.717) is 6.54 Å². The van der Waals surface area contributed by atoms with E-state index >= 15 is 0 Å². The van der Waals surface area contributed by atoms with Crippen molar-refractivity contribution in [1.82, 2.24) is 0 Å². The summed E-state index contributed by atoms with van der Waals surface area (Å²) in [4.78, 5) is 0. The van der Waals surface area contributed by atoms with E-state index in [2.05, 4.69) is 19.9 Å². The third-order valence-corrected chi connectivity index (χ3v) is 3.20. The third kappa shape index (κ3) is 1.82. The van der Waals surface area contributed by atoms with Crippen molar-refractivity contribution in [3.63, 3.8) is 0 Å². The molecular weight excluding hydrogens is 189 g/mol.